The summed E-state index contributed by atoms with van der Waals surface area (Å²) in [6.07, 6.45) is 0.971. The molecule has 1 aromatic heterocycles. The number of nitrogens with one attached hydrogen (secondary N) is 2. The van der Waals surface area contributed by atoms with Gasteiger partial charge >= 0.3 is 0 Å². The summed E-state index contributed by atoms with van der Waals surface area (Å²) in [5, 5.41) is 6.31. The Morgan fingerprint density at radius 2 is 2.10 bits per heavy atom. The molecule has 0 bridgehead atoms. The second-order valence-electron chi connectivity index (χ2n) is 4.37. The predicted molar refractivity (Wildman–Crippen MR) is 80.2 cm³/mol. The van der Waals surface area contributed by atoms with Crippen LogP contribution < -0.4 is 10.6 Å². The van der Waals surface area contributed by atoms with Gasteiger partial charge in [0.15, 0.2) is 0 Å². The molecule has 106 valence electrons. The summed E-state index contributed by atoms with van der Waals surface area (Å²) in [4.78, 5) is 8.56. The van der Waals surface area contributed by atoms with Gasteiger partial charge in [-0.05, 0) is 25.5 Å². The van der Waals surface area contributed by atoms with Crippen LogP contribution in [0.5, 0.6) is 0 Å². The van der Waals surface area contributed by atoms with E-state index in [0.717, 1.165) is 18.7 Å². The van der Waals surface area contributed by atoms with Crippen LogP contribution in [0.15, 0.2) is 24.3 Å². The number of benzene rings is 1. The Balaban J connectivity index is 2.27. The molecule has 2 rings (SSSR count). The van der Waals surface area contributed by atoms with Crippen molar-refractivity contribution in [2.75, 3.05) is 17.2 Å². The Kier molecular flexibility index (Phi) is 4.74. The third-order valence-corrected chi connectivity index (χ3v) is 2.92. The lowest BCUT2D eigenvalue weighted by atomic mass is 10.3. The van der Waals surface area contributed by atoms with Crippen molar-refractivity contribution < 1.29 is 4.39 Å². The maximum Gasteiger partial charge on any atom is 0.224 e. The van der Waals surface area contributed by atoms with Crippen molar-refractivity contribution >= 4 is 29.1 Å². The zero-order valence-corrected chi connectivity index (χ0v) is 12.1. The van der Waals surface area contributed by atoms with E-state index in [1.54, 1.807) is 18.2 Å². The molecule has 0 saturated heterocycles. The van der Waals surface area contributed by atoms with E-state index in [1.165, 1.54) is 6.07 Å². The van der Waals surface area contributed by atoms with Gasteiger partial charge in [0.2, 0.25) is 5.95 Å². The quantitative estimate of drug-likeness (QED) is 0.870. The smallest absolute Gasteiger partial charge is 0.224 e. The number of aryl methyl sites for hydroxylation is 1. The molecule has 0 fully saturated rings. The van der Waals surface area contributed by atoms with E-state index >= 15 is 0 Å². The van der Waals surface area contributed by atoms with Crippen molar-refractivity contribution in [2.45, 2.75) is 20.3 Å². The second kappa shape index (κ2) is 6.52. The average molecular weight is 295 g/mol. The van der Waals surface area contributed by atoms with Crippen molar-refractivity contribution in [1.29, 1.82) is 0 Å². The van der Waals surface area contributed by atoms with E-state index < -0.39 is 5.82 Å². The predicted octanol–water partition coefficient (Wildman–Crippen LogP) is 4.14. The normalized spacial score (nSPS) is 10.4. The van der Waals surface area contributed by atoms with Crippen LogP contribution >= 0.6 is 11.6 Å². The molecule has 0 aliphatic rings. The van der Waals surface area contributed by atoms with Crippen molar-refractivity contribution in [3.05, 3.63) is 40.8 Å². The van der Waals surface area contributed by atoms with Gasteiger partial charge in [-0.1, -0.05) is 24.6 Å². The zero-order chi connectivity index (χ0) is 14.5. The van der Waals surface area contributed by atoms with Crippen molar-refractivity contribution in [1.82, 2.24) is 9.97 Å². The van der Waals surface area contributed by atoms with E-state index in [0.29, 0.717) is 16.8 Å². The number of hydrogen-bond acceptors (Lipinski definition) is 4. The molecule has 0 aliphatic carbocycles. The molecule has 0 radical (unpaired) electrons. The van der Waals surface area contributed by atoms with E-state index in [-0.39, 0.29) is 5.69 Å². The van der Waals surface area contributed by atoms with Crippen molar-refractivity contribution in [3.8, 4) is 0 Å². The molecule has 1 heterocycles. The van der Waals surface area contributed by atoms with Gasteiger partial charge in [0.05, 0.1) is 10.7 Å². The minimum atomic E-state index is -0.420. The lowest BCUT2D eigenvalue weighted by molar-refractivity contribution is 0.632. The summed E-state index contributed by atoms with van der Waals surface area (Å²) >= 11 is 5.98. The fourth-order valence-corrected chi connectivity index (χ4v) is 1.90. The van der Waals surface area contributed by atoms with Crippen LogP contribution in [0.1, 0.15) is 19.0 Å². The molecule has 0 aliphatic heterocycles. The van der Waals surface area contributed by atoms with Gasteiger partial charge in [-0.25, -0.2) is 9.37 Å². The highest BCUT2D eigenvalue weighted by Gasteiger charge is 2.09. The summed E-state index contributed by atoms with van der Waals surface area (Å²) in [5.41, 5.74) is 1.00. The maximum absolute atomic E-state index is 13.7. The van der Waals surface area contributed by atoms with Crippen LogP contribution in [0.4, 0.5) is 21.8 Å². The SMILES string of the molecule is CCCNc1nc(C)cc(Nc2c(F)cccc2Cl)n1. The largest absolute Gasteiger partial charge is 0.354 e. The Morgan fingerprint density at radius 1 is 1.30 bits per heavy atom. The minimum Gasteiger partial charge on any atom is -0.354 e. The van der Waals surface area contributed by atoms with Gasteiger partial charge < -0.3 is 10.6 Å². The number of halogens is 2. The molecule has 4 nitrogen and oxygen atoms in total. The highest BCUT2D eigenvalue weighted by Crippen LogP contribution is 2.27. The minimum absolute atomic E-state index is 0.216. The van der Waals surface area contributed by atoms with Gasteiger partial charge in [0.25, 0.3) is 0 Å². The fraction of sp³-hybridized carbons (Fsp3) is 0.286. The summed E-state index contributed by atoms with van der Waals surface area (Å²) in [5.74, 6) is 0.599. The molecule has 0 amide bonds. The molecule has 0 saturated carbocycles. The van der Waals surface area contributed by atoms with Crippen molar-refractivity contribution in [3.63, 3.8) is 0 Å². The van der Waals surface area contributed by atoms with Crippen LogP contribution in [0.25, 0.3) is 0 Å². The Labute approximate surface area is 122 Å². The lowest BCUT2D eigenvalue weighted by Crippen LogP contribution is -2.07. The summed E-state index contributed by atoms with van der Waals surface area (Å²) < 4.78 is 13.7. The van der Waals surface area contributed by atoms with Gasteiger partial charge in [-0.3, -0.25) is 0 Å². The van der Waals surface area contributed by atoms with Gasteiger partial charge in [-0.15, -0.1) is 0 Å². The first-order valence-electron chi connectivity index (χ1n) is 6.40. The monoisotopic (exact) mass is 294 g/mol. The molecule has 2 N–H and O–H groups in total. The molecule has 0 atom stereocenters. The molecule has 2 aromatic rings. The summed E-state index contributed by atoms with van der Waals surface area (Å²) in [6, 6.07) is 6.26. The van der Waals surface area contributed by atoms with Crippen LogP contribution in [0.3, 0.4) is 0 Å². The molecular formula is C14H16ClFN4. The molecule has 6 heteroatoms. The molecule has 0 unspecified atom stereocenters. The standard InChI is InChI=1S/C14H16ClFN4/c1-3-7-17-14-18-9(2)8-12(20-14)19-13-10(15)5-4-6-11(13)16/h4-6,8H,3,7H2,1-2H3,(H2,17,18,19,20). The van der Waals surface area contributed by atoms with Crippen LogP contribution in [0.2, 0.25) is 5.02 Å². The number of aromatic nitrogens is 2. The topological polar surface area (TPSA) is 49.8 Å². The third kappa shape index (κ3) is 3.57. The maximum atomic E-state index is 13.7. The third-order valence-electron chi connectivity index (χ3n) is 2.60. The first-order chi connectivity index (χ1) is 9.60. The lowest BCUT2D eigenvalue weighted by Gasteiger charge is -2.11. The first-order valence-corrected chi connectivity index (χ1v) is 6.78. The Morgan fingerprint density at radius 3 is 2.80 bits per heavy atom. The van der Waals surface area contributed by atoms with Crippen molar-refractivity contribution in [2.24, 2.45) is 0 Å². The van der Waals surface area contributed by atoms with E-state index in [2.05, 4.69) is 27.5 Å². The molecule has 0 spiro atoms. The highest BCUT2D eigenvalue weighted by atomic mass is 35.5. The van der Waals surface area contributed by atoms with E-state index in [9.17, 15) is 4.39 Å². The number of rotatable bonds is 5. The van der Waals surface area contributed by atoms with E-state index in [1.807, 2.05) is 6.92 Å². The number of anilines is 3. The summed E-state index contributed by atoms with van der Waals surface area (Å²) in [6.45, 7) is 4.69. The zero-order valence-electron chi connectivity index (χ0n) is 11.4. The fourth-order valence-electron chi connectivity index (χ4n) is 1.69. The molecule has 20 heavy (non-hydrogen) atoms. The van der Waals surface area contributed by atoms with Crippen LogP contribution in [0, 0.1) is 12.7 Å². The Bertz CT molecular complexity index is 583. The average Bonchev–Trinajstić information content (AvgIpc) is 2.40. The number of para-hydroxylation sites is 1. The van der Waals surface area contributed by atoms with Gasteiger partial charge in [0.1, 0.15) is 11.6 Å². The van der Waals surface area contributed by atoms with Gasteiger partial charge in [-0.2, -0.15) is 4.98 Å². The Hall–Kier alpha value is -1.88. The van der Waals surface area contributed by atoms with E-state index in [4.69, 9.17) is 11.6 Å². The summed E-state index contributed by atoms with van der Waals surface area (Å²) in [7, 11) is 0. The van der Waals surface area contributed by atoms with Gasteiger partial charge in [0, 0.05) is 18.3 Å². The van der Waals surface area contributed by atoms with Crippen LogP contribution in [-0.2, 0) is 0 Å². The number of nitrogens with zero attached hydrogens (tertiary/aromatic N) is 2. The molecule has 1 aromatic carbocycles. The highest BCUT2D eigenvalue weighted by molar-refractivity contribution is 6.33. The first kappa shape index (κ1) is 14.5. The molecular weight excluding hydrogens is 279 g/mol. The number of hydrogen-bond donors (Lipinski definition) is 2. The second-order valence-corrected chi connectivity index (χ2v) is 4.77. The van der Waals surface area contributed by atoms with Crippen LogP contribution in [-0.4, -0.2) is 16.5 Å².